The summed E-state index contributed by atoms with van der Waals surface area (Å²) in [5.41, 5.74) is 2.11. The molecule has 0 aromatic carbocycles. The Morgan fingerprint density at radius 1 is 1.17 bits per heavy atom. The molecule has 6 nitrogen and oxygen atoms in total. The summed E-state index contributed by atoms with van der Waals surface area (Å²) < 4.78 is 0. The van der Waals surface area contributed by atoms with Crippen molar-refractivity contribution in [2.24, 2.45) is 5.92 Å². The fourth-order valence-electron chi connectivity index (χ4n) is 3.01. The number of rotatable bonds is 5. The number of anilines is 1. The maximum absolute atomic E-state index is 10.3. The van der Waals surface area contributed by atoms with Gasteiger partial charge in [-0.3, -0.25) is 14.9 Å². The van der Waals surface area contributed by atoms with Gasteiger partial charge in [0.05, 0.1) is 11.8 Å². The van der Waals surface area contributed by atoms with Gasteiger partial charge >= 0.3 is 0 Å². The number of hydrogen-bond donors (Lipinski definition) is 1. The summed E-state index contributed by atoms with van der Waals surface area (Å²) in [7, 11) is 3.96. The quantitative estimate of drug-likeness (QED) is 0.887. The van der Waals surface area contributed by atoms with Gasteiger partial charge in [0.1, 0.15) is 5.82 Å². The second-order valence-corrected chi connectivity index (χ2v) is 6.34. The topological polar surface area (TPSA) is 65.4 Å². The van der Waals surface area contributed by atoms with Crippen LogP contribution in [0, 0.1) is 5.92 Å². The Kier molecular flexibility index (Phi) is 4.83. The van der Waals surface area contributed by atoms with E-state index in [0.717, 1.165) is 31.0 Å². The Balaban J connectivity index is 1.58. The van der Waals surface area contributed by atoms with Crippen molar-refractivity contribution in [2.75, 3.05) is 32.1 Å². The number of nitrogens with zero attached hydrogens (tertiary/aromatic N) is 5. The van der Waals surface area contributed by atoms with Crippen molar-refractivity contribution >= 4 is 5.82 Å². The first kappa shape index (κ1) is 15.8. The van der Waals surface area contributed by atoms with E-state index in [1.54, 1.807) is 18.6 Å². The number of aliphatic hydroxyl groups excluding tert-OH is 1. The van der Waals surface area contributed by atoms with Gasteiger partial charge in [0, 0.05) is 64.4 Å². The van der Waals surface area contributed by atoms with Crippen LogP contribution in [0.15, 0.2) is 36.9 Å². The molecule has 2 aromatic rings. The lowest BCUT2D eigenvalue weighted by molar-refractivity contribution is 0.140. The number of β-amino-alcohol motifs (C(OH)–C–C–N with tert-alkyl or cyclic N) is 1. The third-order valence-electron chi connectivity index (χ3n) is 4.24. The molecule has 1 fully saturated rings. The maximum Gasteiger partial charge on any atom is 0.127 e. The predicted molar refractivity (Wildman–Crippen MR) is 89.1 cm³/mol. The van der Waals surface area contributed by atoms with Crippen LogP contribution in [0.4, 0.5) is 5.82 Å². The molecule has 2 atom stereocenters. The largest absolute Gasteiger partial charge is 0.391 e. The van der Waals surface area contributed by atoms with Crippen LogP contribution < -0.4 is 4.90 Å². The number of aromatic nitrogens is 3. The van der Waals surface area contributed by atoms with E-state index in [0.29, 0.717) is 6.54 Å². The lowest BCUT2D eigenvalue weighted by atomic mass is 10.0. The van der Waals surface area contributed by atoms with Gasteiger partial charge in [-0.05, 0) is 18.1 Å². The van der Waals surface area contributed by atoms with Crippen LogP contribution in [0.1, 0.15) is 11.3 Å². The Morgan fingerprint density at radius 2 is 2.04 bits per heavy atom. The normalized spacial score (nSPS) is 21.5. The van der Waals surface area contributed by atoms with Crippen molar-refractivity contribution in [1.29, 1.82) is 0 Å². The second-order valence-electron chi connectivity index (χ2n) is 6.34. The molecule has 0 radical (unpaired) electrons. The highest BCUT2D eigenvalue weighted by Crippen LogP contribution is 2.22. The highest BCUT2D eigenvalue weighted by Gasteiger charge is 2.31. The molecule has 1 aliphatic rings. The molecule has 122 valence electrons. The molecule has 0 saturated carbocycles. The van der Waals surface area contributed by atoms with Gasteiger partial charge in [-0.2, -0.15) is 0 Å². The van der Waals surface area contributed by atoms with Crippen LogP contribution >= 0.6 is 0 Å². The smallest absolute Gasteiger partial charge is 0.127 e. The summed E-state index contributed by atoms with van der Waals surface area (Å²) >= 11 is 0. The third kappa shape index (κ3) is 4.03. The molecular formula is C17H23N5O. The molecule has 0 unspecified atom stereocenters. The van der Waals surface area contributed by atoms with Crippen LogP contribution in [-0.2, 0) is 13.0 Å². The van der Waals surface area contributed by atoms with Crippen LogP contribution in [0.25, 0.3) is 0 Å². The Bertz CT molecular complexity index is 617. The van der Waals surface area contributed by atoms with E-state index in [1.165, 1.54) is 5.56 Å². The lowest BCUT2D eigenvalue weighted by Crippen LogP contribution is -2.21. The molecule has 0 aliphatic carbocycles. The van der Waals surface area contributed by atoms with Crippen molar-refractivity contribution in [3.05, 3.63) is 48.2 Å². The molecule has 0 bridgehead atoms. The van der Waals surface area contributed by atoms with Gasteiger partial charge in [0.25, 0.3) is 0 Å². The van der Waals surface area contributed by atoms with Crippen LogP contribution in [0.3, 0.4) is 0 Å². The second kappa shape index (κ2) is 7.02. The zero-order valence-corrected chi connectivity index (χ0v) is 13.6. The molecule has 1 aliphatic heterocycles. The monoisotopic (exact) mass is 313 g/mol. The Labute approximate surface area is 136 Å². The summed E-state index contributed by atoms with van der Waals surface area (Å²) in [6, 6.07) is 4.13. The summed E-state index contributed by atoms with van der Waals surface area (Å²) in [4.78, 5) is 17.1. The summed E-state index contributed by atoms with van der Waals surface area (Å²) in [6.07, 6.45) is 7.52. The molecule has 3 heterocycles. The molecule has 3 rings (SSSR count). The highest BCUT2D eigenvalue weighted by molar-refractivity contribution is 5.37. The average molecular weight is 313 g/mol. The van der Waals surface area contributed by atoms with E-state index in [1.807, 2.05) is 31.3 Å². The SMILES string of the molecule is CN(C)c1ccc(CN2C[C@@H](Cc3cnccn3)[C@H](O)C2)cn1. The number of pyridine rings is 1. The summed E-state index contributed by atoms with van der Waals surface area (Å²) in [5, 5.41) is 10.3. The van der Waals surface area contributed by atoms with E-state index in [9.17, 15) is 5.11 Å². The van der Waals surface area contributed by atoms with Crippen LogP contribution in [-0.4, -0.2) is 58.2 Å². The van der Waals surface area contributed by atoms with Crippen molar-refractivity contribution in [3.63, 3.8) is 0 Å². The van der Waals surface area contributed by atoms with Crippen LogP contribution in [0.2, 0.25) is 0 Å². The fourth-order valence-corrected chi connectivity index (χ4v) is 3.01. The number of hydrogen-bond acceptors (Lipinski definition) is 6. The number of aliphatic hydroxyl groups is 1. The molecule has 0 amide bonds. The fraction of sp³-hybridized carbons (Fsp3) is 0.471. The van der Waals surface area contributed by atoms with Crippen LogP contribution in [0.5, 0.6) is 0 Å². The molecule has 23 heavy (non-hydrogen) atoms. The molecule has 2 aromatic heterocycles. The zero-order valence-electron chi connectivity index (χ0n) is 13.6. The van der Waals surface area contributed by atoms with E-state index in [-0.39, 0.29) is 12.0 Å². The van der Waals surface area contributed by atoms with Gasteiger partial charge in [0.15, 0.2) is 0 Å². The van der Waals surface area contributed by atoms with E-state index in [2.05, 4.69) is 25.9 Å². The Hall–Kier alpha value is -2.05. The third-order valence-corrected chi connectivity index (χ3v) is 4.24. The van der Waals surface area contributed by atoms with Gasteiger partial charge in [-0.15, -0.1) is 0 Å². The van der Waals surface area contributed by atoms with Gasteiger partial charge < -0.3 is 10.0 Å². The van der Waals surface area contributed by atoms with Crippen molar-refractivity contribution in [3.8, 4) is 0 Å². The number of likely N-dealkylation sites (tertiary alicyclic amines) is 1. The first-order valence-electron chi connectivity index (χ1n) is 7.89. The van der Waals surface area contributed by atoms with Crippen molar-refractivity contribution < 1.29 is 5.11 Å². The van der Waals surface area contributed by atoms with Gasteiger partial charge in [0.2, 0.25) is 0 Å². The average Bonchev–Trinajstić information content (AvgIpc) is 2.88. The summed E-state index contributed by atoms with van der Waals surface area (Å²) in [6.45, 7) is 2.38. The van der Waals surface area contributed by atoms with Gasteiger partial charge in [-0.25, -0.2) is 4.98 Å². The minimum atomic E-state index is -0.314. The summed E-state index contributed by atoms with van der Waals surface area (Å²) in [5.74, 6) is 1.16. The first-order chi connectivity index (χ1) is 11.1. The molecule has 1 saturated heterocycles. The molecule has 6 heteroatoms. The highest BCUT2D eigenvalue weighted by atomic mass is 16.3. The van der Waals surface area contributed by atoms with Crippen molar-refractivity contribution in [1.82, 2.24) is 19.9 Å². The van der Waals surface area contributed by atoms with Crippen molar-refractivity contribution in [2.45, 2.75) is 19.1 Å². The zero-order chi connectivity index (χ0) is 16.2. The molecule has 1 N–H and O–H groups in total. The van der Waals surface area contributed by atoms with E-state index < -0.39 is 0 Å². The maximum atomic E-state index is 10.3. The predicted octanol–water partition coefficient (Wildman–Crippen LogP) is 0.973. The lowest BCUT2D eigenvalue weighted by Gasteiger charge is -2.16. The molecular weight excluding hydrogens is 290 g/mol. The first-order valence-corrected chi connectivity index (χ1v) is 7.89. The Morgan fingerprint density at radius 3 is 2.70 bits per heavy atom. The minimum Gasteiger partial charge on any atom is -0.391 e. The standard InChI is InChI=1S/C17H23N5O/c1-21(2)17-4-3-13(8-20-17)10-22-11-14(16(23)12-22)7-15-9-18-5-6-19-15/h3-6,8-9,14,16,23H,7,10-12H2,1-2H3/t14-,16-/m1/s1. The van der Waals surface area contributed by atoms with Gasteiger partial charge in [-0.1, -0.05) is 6.07 Å². The van der Waals surface area contributed by atoms with E-state index >= 15 is 0 Å². The van der Waals surface area contributed by atoms with E-state index in [4.69, 9.17) is 0 Å². The molecule has 0 spiro atoms. The minimum absolute atomic E-state index is 0.209.